The van der Waals surface area contributed by atoms with Crippen molar-refractivity contribution in [2.24, 2.45) is 0 Å². The second kappa shape index (κ2) is 7.21. The SMILES string of the molecule is COc1ccc(/C(O)=C2\C(=O)C(=O)N(C)C2c2ccc(Cl)c(Cl)c2)cc1F. The van der Waals surface area contributed by atoms with Crippen molar-refractivity contribution in [3.63, 3.8) is 0 Å². The molecule has 0 radical (unpaired) electrons. The first kappa shape index (κ1) is 19.2. The van der Waals surface area contributed by atoms with Crippen molar-refractivity contribution in [2.75, 3.05) is 14.2 Å². The first-order chi connectivity index (χ1) is 12.8. The number of methoxy groups -OCH3 is 1. The van der Waals surface area contributed by atoms with Gasteiger partial charge in [-0.3, -0.25) is 9.59 Å². The smallest absolute Gasteiger partial charge is 0.295 e. The molecule has 0 bridgehead atoms. The maximum Gasteiger partial charge on any atom is 0.295 e. The standard InChI is InChI=1S/C19H14Cl2FNO4/c1-23-16(9-3-5-11(20)12(21)7-9)15(18(25)19(23)26)17(24)10-4-6-14(27-2)13(22)8-10/h3-8,16,24H,1-2H3/b17-15+. The molecule has 1 unspecified atom stereocenters. The average molecular weight is 410 g/mol. The van der Waals surface area contributed by atoms with Crippen LogP contribution in [-0.2, 0) is 9.59 Å². The fourth-order valence-electron chi connectivity index (χ4n) is 2.99. The molecule has 0 spiro atoms. The molecule has 5 nitrogen and oxygen atoms in total. The van der Waals surface area contributed by atoms with E-state index in [2.05, 4.69) is 0 Å². The minimum Gasteiger partial charge on any atom is -0.507 e. The van der Waals surface area contributed by atoms with Gasteiger partial charge < -0.3 is 14.7 Å². The van der Waals surface area contributed by atoms with E-state index in [1.165, 1.54) is 43.3 Å². The van der Waals surface area contributed by atoms with Crippen LogP contribution >= 0.6 is 23.2 Å². The number of nitrogens with zero attached hydrogens (tertiary/aromatic N) is 1. The van der Waals surface area contributed by atoms with Gasteiger partial charge in [-0.2, -0.15) is 0 Å². The van der Waals surface area contributed by atoms with Gasteiger partial charge in [-0.25, -0.2) is 4.39 Å². The van der Waals surface area contributed by atoms with E-state index in [0.29, 0.717) is 10.6 Å². The molecule has 0 saturated carbocycles. The number of hydrogen-bond acceptors (Lipinski definition) is 4. The van der Waals surface area contributed by atoms with Gasteiger partial charge in [-0.15, -0.1) is 0 Å². The monoisotopic (exact) mass is 409 g/mol. The largest absolute Gasteiger partial charge is 0.507 e. The van der Waals surface area contributed by atoms with Crippen molar-refractivity contribution in [2.45, 2.75) is 6.04 Å². The molecule has 1 heterocycles. The van der Waals surface area contributed by atoms with Crippen molar-refractivity contribution in [1.29, 1.82) is 0 Å². The van der Waals surface area contributed by atoms with E-state index in [1.807, 2.05) is 0 Å². The highest BCUT2D eigenvalue weighted by Crippen LogP contribution is 2.40. The van der Waals surface area contributed by atoms with Crippen molar-refractivity contribution in [3.8, 4) is 5.75 Å². The zero-order valence-corrected chi connectivity index (χ0v) is 15.8. The molecular formula is C19H14Cl2FNO4. The Balaban J connectivity index is 2.18. The van der Waals surface area contributed by atoms with Gasteiger partial charge in [0.25, 0.3) is 11.7 Å². The van der Waals surface area contributed by atoms with Gasteiger partial charge in [-0.05, 0) is 35.9 Å². The van der Waals surface area contributed by atoms with Gasteiger partial charge in [0.15, 0.2) is 11.6 Å². The number of amides is 1. The number of likely N-dealkylation sites (N-methyl/N-ethyl adjacent to an activating group) is 1. The summed E-state index contributed by atoms with van der Waals surface area (Å²) < 4.78 is 18.9. The summed E-state index contributed by atoms with van der Waals surface area (Å²) in [5.74, 6) is -2.87. The number of aliphatic hydroxyl groups excluding tert-OH is 1. The third kappa shape index (κ3) is 3.26. The van der Waals surface area contributed by atoms with Crippen molar-refractivity contribution >= 4 is 40.7 Å². The summed E-state index contributed by atoms with van der Waals surface area (Å²) in [5.41, 5.74) is 0.372. The van der Waals surface area contributed by atoms with Crippen LogP contribution in [0.15, 0.2) is 42.0 Å². The zero-order chi connectivity index (χ0) is 19.9. The summed E-state index contributed by atoms with van der Waals surface area (Å²) in [4.78, 5) is 25.9. The number of likely N-dealkylation sites (tertiary alicyclic amines) is 1. The zero-order valence-electron chi connectivity index (χ0n) is 14.3. The Hall–Kier alpha value is -2.57. The predicted octanol–water partition coefficient (Wildman–Crippen LogP) is 4.19. The van der Waals surface area contributed by atoms with E-state index in [1.54, 1.807) is 6.07 Å². The summed E-state index contributed by atoms with van der Waals surface area (Å²) in [6.07, 6.45) is 0. The number of benzene rings is 2. The molecular weight excluding hydrogens is 396 g/mol. The Kier molecular flexibility index (Phi) is 5.13. The number of halogens is 3. The molecule has 0 aliphatic carbocycles. The fraction of sp³-hybridized carbons (Fsp3) is 0.158. The van der Waals surface area contributed by atoms with Crippen LogP contribution < -0.4 is 4.74 Å². The predicted molar refractivity (Wildman–Crippen MR) is 99.5 cm³/mol. The first-order valence-electron chi connectivity index (χ1n) is 7.79. The highest BCUT2D eigenvalue weighted by Gasteiger charge is 2.44. The molecule has 1 N–H and O–H groups in total. The van der Waals surface area contributed by atoms with E-state index in [4.69, 9.17) is 27.9 Å². The van der Waals surface area contributed by atoms with Crippen LogP contribution in [0.1, 0.15) is 17.2 Å². The number of aliphatic hydroxyl groups is 1. The number of carbonyl (C=O) groups is 2. The number of ketones is 1. The Morgan fingerprint density at radius 3 is 2.44 bits per heavy atom. The Morgan fingerprint density at radius 1 is 1.15 bits per heavy atom. The topological polar surface area (TPSA) is 66.8 Å². The third-order valence-electron chi connectivity index (χ3n) is 4.36. The van der Waals surface area contributed by atoms with Crippen LogP contribution in [0.25, 0.3) is 5.76 Å². The van der Waals surface area contributed by atoms with Gasteiger partial charge >= 0.3 is 0 Å². The minimum atomic E-state index is -0.884. The Bertz CT molecular complexity index is 990. The Labute approximate surface area is 164 Å². The maximum atomic E-state index is 14.0. The van der Waals surface area contributed by atoms with E-state index in [-0.39, 0.29) is 21.9 Å². The molecule has 8 heteroatoms. The minimum absolute atomic E-state index is 0.0106. The van der Waals surface area contributed by atoms with Crippen LogP contribution in [0.4, 0.5) is 4.39 Å². The molecule has 1 atom stereocenters. The van der Waals surface area contributed by atoms with Crippen LogP contribution in [-0.4, -0.2) is 35.9 Å². The number of carbonyl (C=O) groups excluding carboxylic acids is 2. The highest BCUT2D eigenvalue weighted by atomic mass is 35.5. The first-order valence-corrected chi connectivity index (χ1v) is 8.55. The summed E-state index contributed by atoms with van der Waals surface area (Å²) in [7, 11) is 2.74. The number of hydrogen-bond donors (Lipinski definition) is 1. The molecule has 2 aromatic carbocycles. The lowest BCUT2D eigenvalue weighted by Crippen LogP contribution is -2.24. The average Bonchev–Trinajstić information content (AvgIpc) is 2.87. The molecule has 1 aliphatic heterocycles. The van der Waals surface area contributed by atoms with Gasteiger partial charge in [0.2, 0.25) is 0 Å². The van der Waals surface area contributed by atoms with Crippen molar-refractivity contribution in [3.05, 3.63) is 69.0 Å². The summed E-state index contributed by atoms with van der Waals surface area (Å²) >= 11 is 12.0. The number of Topliss-reactive ketones (excluding diaryl/α,β-unsaturated/α-hetero) is 1. The summed E-state index contributed by atoms with van der Waals surface area (Å²) in [6, 6.07) is 7.50. The van der Waals surface area contributed by atoms with Crippen molar-refractivity contribution in [1.82, 2.24) is 4.90 Å². The summed E-state index contributed by atoms with van der Waals surface area (Å²) in [6.45, 7) is 0. The molecule has 1 fully saturated rings. The van der Waals surface area contributed by atoms with Gasteiger partial charge in [-0.1, -0.05) is 29.3 Å². The molecule has 1 amide bonds. The van der Waals surface area contributed by atoms with E-state index in [0.717, 1.165) is 6.07 Å². The number of rotatable bonds is 3. The molecule has 3 rings (SSSR count). The molecule has 1 saturated heterocycles. The lowest BCUT2D eigenvalue weighted by Gasteiger charge is -2.21. The summed E-state index contributed by atoms with van der Waals surface area (Å²) in [5, 5.41) is 11.2. The lowest BCUT2D eigenvalue weighted by molar-refractivity contribution is -0.139. The molecule has 1 aliphatic rings. The van der Waals surface area contributed by atoms with Gasteiger partial charge in [0.05, 0.1) is 28.8 Å². The van der Waals surface area contributed by atoms with Crippen molar-refractivity contribution < 1.29 is 23.8 Å². The molecule has 2 aromatic rings. The van der Waals surface area contributed by atoms with Crippen LogP contribution in [0.3, 0.4) is 0 Å². The van der Waals surface area contributed by atoms with E-state index in [9.17, 15) is 19.1 Å². The van der Waals surface area contributed by atoms with Crippen LogP contribution in [0.5, 0.6) is 5.75 Å². The van der Waals surface area contributed by atoms with E-state index >= 15 is 0 Å². The van der Waals surface area contributed by atoms with Crippen LogP contribution in [0, 0.1) is 5.82 Å². The normalized spacial score (nSPS) is 18.9. The maximum absolute atomic E-state index is 14.0. The van der Waals surface area contributed by atoms with Gasteiger partial charge in [0.1, 0.15) is 5.76 Å². The third-order valence-corrected chi connectivity index (χ3v) is 5.10. The van der Waals surface area contributed by atoms with E-state index < -0.39 is 29.3 Å². The second-order valence-electron chi connectivity index (χ2n) is 5.93. The Morgan fingerprint density at radius 2 is 1.85 bits per heavy atom. The molecule has 140 valence electrons. The molecule has 0 aromatic heterocycles. The fourth-order valence-corrected chi connectivity index (χ4v) is 3.30. The lowest BCUT2D eigenvalue weighted by atomic mass is 9.95. The highest BCUT2D eigenvalue weighted by molar-refractivity contribution is 6.46. The number of ether oxygens (including phenoxy) is 1. The second-order valence-corrected chi connectivity index (χ2v) is 6.75. The quantitative estimate of drug-likeness (QED) is 0.468. The van der Waals surface area contributed by atoms with Crippen LogP contribution in [0.2, 0.25) is 10.0 Å². The molecule has 27 heavy (non-hydrogen) atoms. The van der Waals surface area contributed by atoms with Gasteiger partial charge in [0, 0.05) is 12.6 Å².